The smallest absolute Gasteiger partial charge is 0.255 e. The van der Waals surface area contributed by atoms with Crippen molar-refractivity contribution in [3.05, 3.63) is 10.8 Å². The second-order valence-corrected chi connectivity index (χ2v) is 8.21. The van der Waals surface area contributed by atoms with Crippen LogP contribution in [0.3, 0.4) is 0 Å². The lowest BCUT2D eigenvalue weighted by atomic mass is 10.5. The first-order chi connectivity index (χ1) is 9.35. The zero-order chi connectivity index (χ0) is 14.9. The van der Waals surface area contributed by atoms with Crippen LogP contribution in [0.15, 0.2) is 9.24 Å². The molecule has 2 rings (SSSR count). The highest BCUT2D eigenvalue weighted by atomic mass is 35.5. The van der Waals surface area contributed by atoms with E-state index in [9.17, 15) is 8.42 Å². The Hall–Kier alpha value is -0.840. The lowest BCUT2D eigenvalue weighted by Gasteiger charge is -2.03. The van der Waals surface area contributed by atoms with Gasteiger partial charge in [-0.2, -0.15) is 5.10 Å². The molecule has 1 N–H and O–H groups in total. The number of aromatic nitrogens is 4. The van der Waals surface area contributed by atoms with E-state index in [1.807, 2.05) is 6.92 Å². The summed E-state index contributed by atoms with van der Waals surface area (Å²) in [5.41, 5.74) is 0.331. The van der Waals surface area contributed by atoms with Crippen LogP contribution < -0.4 is 4.72 Å². The summed E-state index contributed by atoms with van der Waals surface area (Å²) < 4.78 is 29.0. The van der Waals surface area contributed by atoms with Gasteiger partial charge in [0, 0.05) is 7.05 Å². The summed E-state index contributed by atoms with van der Waals surface area (Å²) >= 11 is 8.64. The molecule has 0 saturated carbocycles. The van der Waals surface area contributed by atoms with Crippen LogP contribution in [-0.4, -0.2) is 34.1 Å². The number of rotatable bonds is 5. The van der Waals surface area contributed by atoms with Crippen molar-refractivity contribution in [3.8, 4) is 0 Å². The van der Waals surface area contributed by atoms with Crippen LogP contribution >= 0.6 is 34.7 Å². The van der Waals surface area contributed by atoms with Gasteiger partial charge >= 0.3 is 0 Å². The number of hydrogen-bond acceptors (Lipinski definition) is 7. The second kappa shape index (κ2) is 5.88. The van der Waals surface area contributed by atoms with Crippen LogP contribution in [0.1, 0.15) is 12.6 Å². The third kappa shape index (κ3) is 3.08. The predicted octanol–water partition coefficient (Wildman–Crippen LogP) is 2.15. The highest BCUT2D eigenvalue weighted by Gasteiger charge is 2.26. The van der Waals surface area contributed by atoms with Gasteiger partial charge in [0.2, 0.25) is 5.13 Å². The minimum Gasteiger partial charge on any atom is -0.255 e. The Morgan fingerprint density at radius 1 is 1.45 bits per heavy atom. The van der Waals surface area contributed by atoms with Crippen LogP contribution in [0.25, 0.3) is 0 Å². The Bertz CT molecular complexity index is 724. The maximum atomic E-state index is 12.3. The zero-order valence-electron chi connectivity index (χ0n) is 10.9. The van der Waals surface area contributed by atoms with E-state index in [1.165, 1.54) is 27.8 Å². The van der Waals surface area contributed by atoms with Gasteiger partial charge in [0.05, 0.1) is 5.69 Å². The summed E-state index contributed by atoms with van der Waals surface area (Å²) in [6.07, 6.45) is 0. The van der Waals surface area contributed by atoms with E-state index in [0.717, 1.165) is 5.75 Å². The zero-order valence-corrected chi connectivity index (χ0v) is 14.1. The maximum absolute atomic E-state index is 12.3. The summed E-state index contributed by atoms with van der Waals surface area (Å²) in [6, 6.07) is 0. The Labute approximate surface area is 129 Å². The molecule has 2 aromatic rings. The molecule has 20 heavy (non-hydrogen) atoms. The molecule has 0 fully saturated rings. The normalized spacial score (nSPS) is 11.8. The number of nitrogens with zero attached hydrogens (tertiary/aromatic N) is 4. The number of anilines is 1. The summed E-state index contributed by atoms with van der Waals surface area (Å²) in [5, 5.41) is 11.9. The van der Waals surface area contributed by atoms with Gasteiger partial charge in [-0.15, -0.1) is 10.2 Å². The van der Waals surface area contributed by atoms with Crippen LogP contribution in [-0.2, 0) is 17.1 Å². The summed E-state index contributed by atoms with van der Waals surface area (Å²) in [6.45, 7) is 3.56. The molecule has 0 bridgehead atoms. The van der Waals surface area contributed by atoms with Gasteiger partial charge in [0.1, 0.15) is 10.0 Å². The van der Waals surface area contributed by atoms with E-state index in [4.69, 9.17) is 11.6 Å². The van der Waals surface area contributed by atoms with E-state index < -0.39 is 10.0 Å². The Morgan fingerprint density at radius 2 is 2.15 bits per heavy atom. The van der Waals surface area contributed by atoms with Crippen molar-refractivity contribution < 1.29 is 8.42 Å². The number of halogens is 1. The second-order valence-electron chi connectivity index (χ2n) is 3.74. The molecule has 0 amide bonds. The topological polar surface area (TPSA) is 89.8 Å². The molecule has 0 unspecified atom stereocenters. The van der Waals surface area contributed by atoms with Crippen molar-refractivity contribution in [2.45, 2.75) is 23.1 Å². The van der Waals surface area contributed by atoms with Crippen LogP contribution in [0, 0.1) is 6.92 Å². The third-order valence-electron chi connectivity index (χ3n) is 2.26. The van der Waals surface area contributed by atoms with Gasteiger partial charge in [-0.25, -0.2) is 8.42 Å². The molecule has 0 aliphatic carbocycles. The van der Waals surface area contributed by atoms with Crippen molar-refractivity contribution in [3.63, 3.8) is 0 Å². The molecule has 2 aromatic heterocycles. The van der Waals surface area contributed by atoms with E-state index in [-0.39, 0.29) is 15.2 Å². The molecule has 0 aliphatic rings. The highest BCUT2D eigenvalue weighted by Crippen LogP contribution is 2.29. The quantitative estimate of drug-likeness (QED) is 0.828. The average Bonchev–Trinajstić information content (AvgIpc) is 2.85. The van der Waals surface area contributed by atoms with Crippen LogP contribution in [0.5, 0.6) is 0 Å². The van der Waals surface area contributed by atoms with Gasteiger partial charge in [-0.3, -0.25) is 9.40 Å². The van der Waals surface area contributed by atoms with Crippen molar-refractivity contribution in [2.24, 2.45) is 7.05 Å². The van der Waals surface area contributed by atoms with E-state index in [2.05, 4.69) is 20.0 Å². The fraction of sp³-hybridized carbons (Fsp3) is 0.444. The average molecular weight is 354 g/mol. The minimum absolute atomic E-state index is 0.0402. The summed E-state index contributed by atoms with van der Waals surface area (Å²) in [4.78, 5) is -0.0402. The SMILES string of the molecule is CCSc1nnc(NS(=O)(=O)c2c(C)nn(C)c2Cl)s1. The Morgan fingerprint density at radius 3 is 2.70 bits per heavy atom. The van der Waals surface area contributed by atoms with Gasteiger partial charge in [-0.1, -0.05) is 41.6 Å². The first kappa shape index (κ1) is 15.5. The van der Waals surface area contributed by atoms with Crippen molar-refractivity contribution in [1.29, 1.82) is 0 Å². The summed E-state index contributed by atoms with van der Waals surface area (Å²) in [7, 11) is -2.24. The van der Waals surface area contributed by atoms with Gasteiger partial charge in [-0.05, 0) is 12.7 Å². The first-order valence-electron chi connectivity index (χ1n) is 5.53. The molecule has 110 valence electrons. The van der Waals surface area contributed by atoms with E-state index in [0.29, 0.717) is 10.0 Å². The van der Waals surface area contributed by atoms with Gasteiger partial charge in [0.25, 0.3) is 10.0 Å². The van der Waals surface area contributed by atoms with Crippen molar-refractivity contribution >= 4 is 49.9 Å². The van der Waals surface area contributed by atoms with E-state index >= 15 is 0 Å². The number of sulfonamides is 1. The molecule has 0 spiro atoms. The number of aryl methyl sites for hydroxylation is 2. The number of nitrogens with one attached hydrogen (secondary N) is 1. The molecule has 2 heterocycles. The maximum Gasteiger partial charge on any atom is 0.268 e. The summed E-state index contributed by atoms with van der Waals surface area (Å²) in [5.74, 6) is 0.842. The van der Waals surface area contributed by atoms with Crippen molar-refractivity contribution in [1.82, 2.24) is 20.0 Å². The Balaban J connectivity index is 2.31. The first-order valence-corrected chi connectivity index (χ1v) is 9.19. The number of hydrogen-bond donors (Lipinski definition) is 1. The molecule has 11 heteroatoms. The molecule has 0 saturated heterocycles. The molecule has 0 radical (unpaired) electrons. The largest absolute Gasteiger partial charge is 0.268 e. The third-order valence-corrected chi connectivity index (χ3v) is 6.28. The standard InChI is InChI=1S/C9H12ClN5O2S3/c1-4-18-9-12-11-8(19-9)14-20(16,17)6-5(2)13-15(3)7(6)10/h4H2,1-3H3,(H,11,14). The van der Waals surface area contributed by atoms with E-state index in [1.54, 1.807) is 14.0 Å². The predicted molar refractivity (Wildman–Crippen MR) is 80.1 cm³/mol. The van der Waals surface area contributed by atoms with Gasteiger partial charge in [0.15, 0.2) is 4.34 Å². The van der Waals surface area contributed by atoms with Crippen LogP contribution in [0.2, 0.25) is 5.15 Å². The molecule has 0 aromatic carbocycles. The fourth-order valence-electron chi connectivity index (χ4n) is 1.51. The fourth-order valence-corrected chi connectivity index (χ4v) is 5.15. The minimum atomic E-state index is -3.82. The molecular formula is C9H12ClN5O2S3. The molecule has 7 nitrogen and oxygen atoms in total. The molecule has 0 atom stereocenters. The molecule has 0 aliphatic heterocycles. The van der Waals surface area contributed by atoms with Crippen LogP contribution in [0.4, 0.5) is 5.13 Å². The molecular weight excluding hydrogens is 342 g/mol. The lowest BCUT2D eigenvalue weighted by Crippen LogP contribution is -2.14. The lowest BCUT2D eigenvalue weighted by molar-refractivity contribution is 0.600. The Kier molecular flexibility index (Phi) is 4.57. The van der Waals surface area contributed by atoms with Gasteiger partial charge < -0.3 is 0 Å². The van der Waals surface area contributed by atoms with Crippen molar-refractivity contribution in [2.75, 3.05) is 10.5 Å². The highest BCUT2D eigenvalue weighted by molar-refractivity contribution is 8.01. The monoisotopic (exact) mass is 353 g/mol. The number of thioether (sulfide) groups is 1.